The van der Waals surface area contributed by atoms with E-state index in [4.69, 9.17) is 4.52 Å². The summed E-state index contributed by atoms with van der Waals surface area (Å²) in [6.45, 7) is 3.68. The summed E-state index contributed by atoms with van der Waals surface area (Å²) in [5, 5.41) is 6.82. The maximum atomic E-state index is 13.0. The fourth-order valence-electron chi connectivity index (χ4n) is 3.09. The van der Waals surface area contributed by atoms with Crippen LogP contribution in [-0.2, 0) is 12.2 Å². The van der Waals surface area contributed by atoms with Crippen LogP contribution in [0.25, 0.3) is 11.4 Å². The van der Waals surface area contributed by atoms with E-state index in [0.29, 0.717) is 52.2 Å². The average molecular weight is 448 g/mol. The topological polar surface area (TPSA) is 114 Å². The molecule has 2 aromatic heterocycles. The average Bonchev–Trinajstić information content (AvgIpc) is 3.22. The van der Waals surface area contributed by atoms with Crippen molar-refractivity contribution in [3.8, 4) is 11.4 Å². The van der Waals surface area contributed by atoms with Crippen LogP contribution < -0.4 is 10.9 Å². The predicted octanol–water partition coefficient (Wildman–Crippen LogP) is 4.24. The van der Waals surface area contributed by atoms with E-state index in [0.717, 1.165) is 4.90 Å². The molecule has 2 N–H and O–H groups in total. The van der Waals surface area contributed by atoms with Gasteiger partial charge in [0.15, 0.2) is 5.82 Å². The molecule has 0 aliphatic rings. The van der Waals surface area contributed by atoms with E-state index in [9.17, 15) is 9.59 Å². The summed E-state index contributed by atoms with van der Waals surface area (Å²) in [7, 11) is 0. The molecular formula is C23H21N5O3S. The predicted molar refractivity (Wildman–Crippen MR) is 123 cm³/mol. The summed E-state index contributed by atoms with van der Waals surface area (Å²) in [5.41, 5.74) is 2.36. The van der Waals surface area contributed by atoms with E-state index in [2.05, 4.69) is 25.4 Å². The number of aromatic amines is 1. The monoisotopic (exact) mass is 447 g/mol. The quantitative estimate of drug-likeness (QED) is 0.407. The van der Waals surface area contributed by atoms with Crippen molar-refractivity contribution in [3.63, 3.8) is 0 Å². The van der Waals surface area contributed by atoms with Crippen molar-refractivity contribution < 1.29 is 9.32 Å². The number of thioether (sulfide) groups is 1. The molecule has 0 unspecified atom stereocenters. The zero-order chi connectivity index (χ0) is 22.5. The number of nitrogens with one attached hydrogen (secondary N) is 2. The standard InChI is InChI=1S/C23H21N5O3S/c1-3-16-12-21(29)27-22(25-16)15-7-6-8-17(11-15)26-23(30)18-9-4-5-10-19(18)32-13-20-24-14(2)31-28-20/h4-12H,3,13H2,1-2H3,(H,26,30)(H,25,27,29). The van der Waals surface area contributed by atoms with Crippen LogP contribution in [0, 0.1) is 6.92 Å². The molecule has 0 spiro atoms. The summed E-state index contributed by atoms with van der Waals surface area (Å²) < 4.78 is 5.00. The van der Waals surface area contributed by atoms with Gasteiger partial charge in [0.2, 0.25) is 5.89 Å². The van der Waals surface area contributed by atoms with E-state index >= 15 is 0 Å². The van der Waals surface area contributed by atoms with Gasteiger partial charge in [-0.05, 0) is 30.7 Å². The van der Waals surface area contributed by atoms with Crippen molar-refractivity contribution in [1.29, 1.82) is 0 Å². The highest BCUT2D eigenvalue weighted by Gasteiger charge is 2.14. The smallest absolute Gasteiger partial charge is 0.256 e. The molecule has 0 bridgehead atoms. The molecule has 0 radical (unpaired) electrons. The van der Waals surface area contributed by atoms with Crippen molar-refractivity contribution in [2.75, 3.05) is 5.32 Å². The second-order valence-electron chi connectivity index (χ2n) is 6.99. The number of hydrogen-bond acceptors (Lipinski definition) is 7. The minimum Gasteiger partial charge on any atom is -0.340 e. The van der Waals surface area contributed by atoms with Crippen LogP contribution in [0.1, 0.15) is 34.7 Å². The lowest BCUT2D eigenvalue weighted by Gasteiger charge is -2.10. The summed E-state index contributed by atoms with van der Waals surface area (Å²) in [6, 6.07) is 16.1. The van der Waals surface area contributed by atoms with Crippen molar-refractivity contribution in [2.45, 2.75) is 30.9 Å². The summed E-state index contributed by atoms with van der Waals surface area (Å²) >= 11 is 1.46. The second kappa shape index (κ2) is 9.61. The van der Waals surface area contributed by atoms with E-state index in [-0.39, 0.29) is 11.5 Å². The van der Waals surface area contributed by atoms with E-state index in [1.807, 2.05) is 37.3 Å². The Labute approximate surface area is 188 Å². The molecule has 0 saturated carbocycles. The molecule has 0 saturated heterocycles. The van der Waals surface area contributed by atoms with Crippen LogP contribution in [0.3, 0.4) is 0 Å². The fourth-order valence-corrected chi connectivity index (χ4v) is 3.98. The Morgan fingerprint density at radius 3 is 2.75 bits per heavy atom. The van der Waals surface area contributed by atoms with Gasteiger partial charge in [-0.25, -0.2) is 4.98 Å². The van der Waals surface area contributed by atoms with Gasteiger partial charge in [-0.3, -0.25) is 9.59 Å². The normalized spacial score (nSPS) is 10.8. The highest BCUT2D eigenvalue weighted by atomic mass is 32.2. The van der Waals surface area contributed by atoms with Gasteiger partial charge < -0.3 is 14.8 Å². The summed E-state index contributed by atoms with van der Waals surface area (Å²) in [6.07, 6.45) is 0.658. The van der Waals surface area contributed by atoms with Gasteiger partial charge in [0.25, 0.3) is 11.5 Å². The fraction of sp³-hybridized carbons (Fsp3) is 0.174. The van der Waals surface area contributed by atoms with E-state index in [1.54, 1.807) is 25.1 Å². The lowest BCUT2D eigenvalue weighted by atomic mass is 10.1. The number of nitrogens with zero attached hydrogens (tertiary/aromatic N) is 3. The second-order valence-corrected chi connectivity index (χ2v) is 8.01. The van der Waals surface area contributed by atoms with Gasteiger partial charge in [0, 0.05) is 34.8 Å². The van der Waals surface area contributed by atoms with Crippen molar-refractivity contribution >= 4 is 23.4 Å². The third-order valence-corrected chi connectivity index (χ3v) is 5.68. The molecule has 0 atom stereocenters. The highest BCUT2D eigenvalue weighted by molar-refractivity contribution is 7.98. The molecule has 32 heavy (non-hydrogen) atoms. The number of carbonyl (C=O) groups is 1. The number of amides is 1. The molecule has 1 amide bonds. The lowest BCUT2D eigenvalue weighted by Crippen LogP contribution is -2.13. The Bertz CT molecular complexity index is 1310. The summed E-state index contributed by atoms with van der Waals surface area (Å²) in [4.78, 5) is 37.2. The number of benzene rings is 2. The molecule has 162 valence electrons. The molecule has 2 aromatic carbocycles. The van der Waals surface area contributed by atoms with Crippen molar-refractivity contribution in [3.05, 3.63) is 87.9 Å². The molecule has 9 heteroatoms. The molecule has 0 aliphatic carbocycles. The van der Waals surface area contributed by atoms with Crippen LogP contribution in [0.5, 0.6) is 0 Å². The number of aryl methyl sites for hydroxylation is 2. The van der Waals surface area contributed by atoms with Gasteiger partial charge in [0.1, 0.15) is 5.82 Å². The zero-order valence-electron chi connectivity index (χ0n) is 17.6. The molecule has 4 rings (SSSR count). The number of anilines is 1. The van der Waals surface area contributed by atoms with Crippen LogP contribution in [-0.4, -0.2) is 26.0 Å². The molecule has 2 heterocycles. The largest absolute Gasteiger partial charge is 0.340 e. The van der Waals surface area contributed by atoms with Crippen LogP contribution in [0.15, 0.2) is 68.8 Å². The molecule has 8 nitrogen and oxygen atoms in total. The molecular weight excluding hydrogens is 426 g/mol. The Morgan fingerprint density at radius 2 is 1.97 bits per heavy atom. The first-order valence-corrected chi connectivity index (χ1v) is 11.0. The highest BCUT2D eigenvalue weighted by Crippen LogP contribution is 2.27. The number of H-pyrrole nitrogens is 1. The van der Waals surface area contributed by atoms with Gasteiger partial charge in [-0.15, -0.1) is 11.8 Å². The van der Waals surface area contributed by atoms with E-state index < -0.39 is 0 Å². The van der Waals surface area contributed by atoms with Crippen LogP contribution >= 0.6 is 11.8 Å². The number of aromatic nitrogens is 4. The maximum absolute atomic E-state index is 13.0. The van der Waals surface area contributed by atoms with Crippen molar-refractivity contribution in [1.82, 2.24) is 20.1 Å². The Balaban J connectivity index is 1.53. The van der Waals surface area contributed by atoms with Gasteiger partial charge in [0.05, 0.1) is 11.3 Å². The van der Waals surface area contributed by atoms with Gasteiger partial charge in [-0.1, -0.05) is 36.3 Å². The van der Waals surface area contributed by atoms with E-state index in [1.165, 1.54) is 17.8 Å². The van der Waals surface area contributed by atoms with Crippen molar-refractivity contribution in [2.24, 2.45) is 0 Å². The molecule has 0 fully saturated rings. The number of carbonyl (C=O) groups excluding carboxylic acids is 1. The first-order valence-electron chi connectivity index (χ1n) is 10.0. The molecule has 0 aliphatic heterocycles. The van der Waals surface area contributed by atoms with Crippen LogP contribution in [0.2, 0.25) is 0 Å². The third-order valence-electron chi connectivity index (χ3n) is 4.61. The Morgan fingerprint density at radius 1 is 1.12 bits per heavy atom. The van der Waals surface area contributed by atoms with Gasteiger partial charge in [-0.2, -0.15) is 4.98 Å². The van der Waals surface area contributed by atoms with Gasteiger partial charge >= 0.3 is 0 Å². The Hall–Kier alpha value is -3.72. The Kier molecular flexibility index (Phi) is 6.46. The third kappa shape index (κ3) is 5.12. The number of hydrogen-bond donors (Lipinski definition) is 2. The SMILES string of the molecule is CCc1cc(=O)[nH]c(-c2cccc(NC(=O)c3ccccc3SCc3noc(C)n3)c2)n1. The number of rotatable bonds is 7. The first-order chi connectivity index (χ1) is 15.5. The zero-order valence-corrected chi connectivity index (χ0v) is 18.4. The minimum absolute atomic E-state index is 0.205. The molecule has 4 aromatic rings. The maximum Gasteiger partial charge on any atom is 0.256 e. The minimum atomic E-state index is -0.238. The summed E-state index contributed by atoms with van der Waals surface area (Å²) in [5.74, 6) is 1.80. The lowest BCUT2D eigenvalue weighted by molar-refractivity contribution is 0.102. The first kappa shape index (κ1) is 21.5. The van der Waals surface area contributed by atoms with Crippen LogP contribution in [0.4, 0.5) is 5.69 Å².